The maximum absolute atomic E-state index is 13.4. The number of aryl methyl sites for hydroxylation is 1. The van der Waals surface area contributed by atoms with E-state index in [2.05, 4.69) is 28.9 Å². The molecule has 1 aromatic heterocycles. The molecule has 31 heavy (non-hydrogen) atoms. The largest absolute Gasteiger partial charge is 0.496 e. The van der Waals surface area contributed by atoms with Crippen molar-refractivity contribution in [1.82, 2.24) is 14.8 Å². The van der Waals surface area contributed by atoms with E-state index in [1.165, 1.54) is 17.7 Å². The summed E-state index contributed by atoms with van der Waals surface area (Å²) in [6.45, 7) is 6.63. The van der Waals surface area contributed by atoms with E-state index in [1.807, 2.05) is 18.2 Å². The average Bonchev–Trinajstić information content (AvgIpc) is 2.76. The SMILES string of the molecule is COc1ccc(CN2CCN(Cc3ccc4cc(F)ccc4n3)C[C@H]2CCO)cc1C. The van der Waals surface area contributed by atoms with Gasteiger partial charge in [-0.15, -0.1) is 0 Å². The molecule has 1 atom stereocenters. The highest BCUT2D eigenvalue weighted by molar-refractivity contribution is 5.78. The number of hydrogen-bond donors (Lipinski definition) is 1. The lowest BCUT2D eigenvalue weighted by molar-refractivity contribution is 0.0494. The molecule has 3 aromatic rings. The molecule has 1 saturated heterocycles. The van der Waals surface area contributed by atoms with Crippen LogP contribution in [0.2, 0.25) is 0 Å². The van der Waals surface area contributed by atoms with Crippen molar-refractivity contribution in [2.24, 2.45) is 0 Å². The summed E-state index contributed by atoms with van der Waals surface area (Å²) in [4.78, 5) is 9.57. The normalized spacial score (nSPS) is 17.9. The number of pyridine rings is 1. The van der Waals surface area contributed by atoms with Gasteiger partial charge in [0.2, 0.25) is 0 Å². The number of hydrogen-bond acceptors (Lipinski definition) is 5. The number of halogens is 1. The first-order valence-corrected chi connectivity index (χ1v) is 10.8. The Morgan fingerprint density at radius 2 is 1.97 bits per heavy atom. The van der Waals surface area contributed by atoms with E-state index >= 15 is 0 Å². The van der Waals surface area contributed by atoms with Crippen LogP contribution in [0.4, 0.5) is 4.39 Å². The van der Waals surface area contributed by atoms with E-state index in [0.717, 1.165) is 67.1 Å². The minimum absolute atomic E-state index is 0.177. The van der Waals surface area contributed by atoms with Gasteiger partial charge in [-0.2, -0.15) is 0 Å². The van der Waals surface area contributed by atoms with E-state index < -0.39 is 0 Å². The highest BCUT2D eigenvalue weighted by atomic mass is 19.1. The Balaban J connectivity index is 1.42. The predicted molar refractivity (Wildman–Crippen MR) is 121 cm³/mol. The van der Waals surface area contributed by atoms with Crippen molar-refractivity contribution in [2.75, 3.05) is 33.4 Å². The maximum Gasteiger partial charge on any atom is 0.123 e. The molecule has 0 radical (unpaired) electrons. The zero-order chi connectivity index (χ0) is 21.8. The fourth-order valence-electron chi connectivity index (χ4n) is 4.46. The fourth-order valence-corrected chi connectivity index (χ4v) is 4.46. The summed E-state index contributed by atoms with van der Waals surface area (Å²) in [5, 5.41) is 10.4. The summed E-state index contributed by atoms with van der Waals surface area (Å²) in [7, 11) is 1.70. The zero-order valence-corrected chi connectivity index (χ0v) is 18.2. The van der Waals surface area contributed by atoms with Crippen molar-refractivity contribution < 1.29 is 14.2 Å². The van der Waals surface area contributed by atoms with E-state index in [1.54, 1.807) is 13.2 Å². The van der Waals surface area contributed by atoms with Crippen molar-refractivity contribution in [3.05, 3.63) is 71.2 Å². The van der Waals surface area contributed by atoms with Gasteiger partial charge in [0.15, 0.2) is 0 Å². The van der Waals surface area contributed by atoms with Crippen LogP contribution >= 0.6 is 0 Å². The van der Waals surface area contributed by atoms with Crippen LogP contribution < -0.4 is 4.74 Å². The molecule has 2 aromatic carbocycles. The Morgan fingerprint density at radius 1 is 1.10 bits per heavy atom. The second-order valence-corrected chi connectivity index (χ2v) is 8.32. The topological polar surface area (TPSA) is 48.8 Å². The molecule has 6 heteroatoms. The zero-order valence-electron chi connectivity index (χ0n) is 18.2. The maximum atomic E-state index is 13.4. The van der Waals surface area contributed by atoms with Crippen LogP contribution in [0, 0.1) is 12.7 Å². The van der Waals surface area contributed by atoms with Crippen LogP contribution in [0.1, 0.15) is 23.2 Å². The molecule has 1 aliphatic rings. The molecule has 0 saturated carbocycles. The van der Waals surface area contributed by atoms with Crippen LogP contribution in [-0.2, 0) is 13.1 Å². The Morgan fingerprint density at radius 3 is 2.74 bits per heavy atom. The van der Waals surface area contributed by atoms with Crippen molar-refractivity contribution >= 4 is 10.9 Å². The summed E-state index contributed by atoms with van der Waals surface area (Å²) in [6.07, 6.45) is 0.746. The minimum atomic E-state index is -0.239. The van der Waals surface area contributed by atoms with Crippen LogP contribution in [0.3, 0.4) is 0 Å². The van der Waals surface area contributed by atoms with Crippen molar-refractivity contribution in [2.45, 2.75) is 32.5 Å². The highest BCUT2D eigenvalue weighted by Gasteiger charge is 2.27. The van der Waals surface area contributed by atoms with Crippen molar-refractivity contribution in [3.63, 3.8) is 0 Å². The summed E-state index contributed by atoms with van der Waals surface area (Å²) >= 11 is 0. The molecule has 4 rings (SSSR count). The summed E-state index contributed by atoms with van der Waals surface area (Å²) in [6, 6.07) is 15.2. The van der Waals surface area contributed by atoms with Gasteiger partial charge in [-0.1, -0.05) is 18.2 Å². The van der Waals surface area contributed by atoms with Gasteiger partial charge in [-0.05, 0) is 54.8 Å². The number of piperazine rings is 1. The van der Waals surface area contributed by atoms with Gasteiger partial charge in [-0.25, -0.2) is 4.39 Å². The second kappa shape index (κ2) is 9.73. The lowest BCUT2D eigenvalue weighted by atomic mass is 10.1. The predicted octanol–water partition coefficient (Wildman–Crippen LogP) is 3.76. The van der Waals surface area contributed by atoms with E-state index in [4.69, 9.17) is 9.72 Å². The number of methoxy groups -OCH3 is 1. The molecule has 2 heterocycles. The van der Waals surface area contributed by atoms with Crippen LogP contribution in [-0.4, -0.2) is 59.3 Å². The summed E-state index contributed by atoms with van der Waals surface area (Å²) < 4.78 is 18.8. The Bertz CT molecular complexity index is 1040. The van der Waals surface area contributed by atoms with Gasteiger partial charge in [0, 0.05) is 50.8 Å². The molecule has 0 amide bonds. The molecule has 164 valence electrons. The van der Waals surface area contributed by atoms with Gasteiger partial charge in [-0.3, -0.25) is 14.8 Å². The van der Waals surface area contributed by atoms with Gasteiger partial charge >= 0.3 is 0 Å². The molecular formula is C25H30FN3O2. The summed E-state index contributed by atoms with van der Waals surface area (Å²) in [5.74, 6) is 0.670. The first-order chi connectivity index (χ1) is 15.1. The first-order valence-electron chi connectivity index (χ1n) is 10.8. The fraction of sp³-hybridized carbons (Fsp3) is 0.400. The molecule has 1 aliphatic heterocycles. The molecule has 0 unspecified atom stereocenters. The third-order valence-corrected chi connectivity index (χ3v) is 6.09. The van der Waals surface area contributed by atoms with Gasteiger partial charge in [0.05, 0.1) is 18.3 Å². The van der Waals surface area contributed by atoms with Crippen LogP contribution in [0.15, 0.2) is 48.5 Å². The van der Waals surface area contributed by atoms with Crippen LogP contribution in [0.5, 0.6) is 5.75 Å². The molecule has 0 aliphatic carbocycles. The number of fused-ring (bicyclic) bond motifs is 1. The molecule has 0 spiro atoms. The second-order valence-electron chi connectivity index (χ2n) is 8.32. The van der Waals surface area contributed by atoms with Gasteiger partial charge in [0.25, 0.3) is 0 Å². The highest BCUT2D eigenvalue weighted by Crippen LogP contribution is 2.23. The standard InChI is InChI=1S/C25H30FN3O2/c1-18-13-19(3-8-25(18)31-2)15-29-11-10-28(17-23(29)9-12-30)16-22-6-4-20-14-21(26)5-7-24(20)27-22/h3-8,13-14,23,30H,9-12,15-17H2,1-2H3/t23-/m1/s1. The average molecular weight is 424 g/mol. The molecule has 0 bridgehead atoms. The van der Waals surface area contributed by atoms with E-state index in [0.29, 0.717) is 0 Å². The Kier molecular flexibility index (Phi) is 6.80. The Labute approximate surface area is 183 Å². The smallest absolute Gasteiger partial charge is 0.123 e. The van der Waals surface area contributed by atoms with Crippen molar-refractivity contribution in [1.29, 1.82) is 0 Å². The van der Waals surface area contributed by atoms with E-state index in [-0.39, 0.29) is 18.5 Å². The number of aromatic nitrogens is 1. The number of aliphatic hydroxyl groups excluding tert-OH is 1. The number of nitrogens with zero attached hydrogens (tertiary/aromatic N) is 3. The third kappa shape index (κ3) is 5.21. The van der Waals surface area contributed by atoms with Crippen LogP contribution in [0.25, 0.3) is 10.9 Å². The summed E-state index contributed by atoms with van der Waals surface area (Å²) in [5.41, 5.74) is 4.21. The van der Waals surface area contributed by atoms with E-state index in [9.17, 15) is 9.50 Å². The number of benzene rings is 2. The molecule has 5 nitrogen and oxygen atoms in total. The lowest BCUT2D eigenvalue weighted by Crippen LogP contribution is -2.52. The first kappa shape index (κ1) is 21.7. The third-order valence-electron chi connectivity index (χ3n) is 6.09. The molecule has 1 fully saturated rings. The number of ether oxygens (including phenoxy) is 1. The number of rotatable bonds is 7. The van der Waals surface area contributed by atoms with Crippen molar-refractivity contribution in [3.8, 4) is 5.75 Å². The molecular weight excluding hydrogens is 393 g/mol. The number of aliphatic hydroxyl groups is 1. The quantitative estimate of drug-likeness (QED) is 0.627. The van der Waals surface area contributed by atoms with Gasteiger partial charge < -0.3 is 9.84 Å². The lowest BCUT2D eigenvalue weighted by Gasteiger charge is -2.41. The Hall–Kier alpha value is -2.54. The minimum Gasteiger partial charge on any atom is -0.496 e. The monoisotopic (exact) mass is 423 g/mol. The van der Waals surface area contributed by atoms with Gasteiger partial charge in [0.1, 0.15) is 11.6 Å². The molecule has 1 N–H and O–H groups in total.